The van der Waals surface area contributed by atoms with Crippen LogP contribution in [0.2, 0.25) is 0 Å². The van der Waals surface area contributed by atoms with Crippen molar-refractivity contribution in [2.75, 3.05) is 0 Å². The zero-order valence-electron chi connectivity index (χ0n) is 9.43. The van der Waals surface area contributed by atoms with Crippen molar-refractivity contribution in [3.8, 4) is 0 Å². The van der Waals surface area contributed by atoms with E-state index in [2.05, 4.69) is 4.98 Å². The first-order valence-electron chi connectivity index (χ1n) is 5.31. The zero-order valence-corrected chi connectivity index (χ0v) is 10.2. The van der Waals surface area contributed by atoms with Crippen molar-refractivity contribution in [3.63, 3.8) is 0 Å². The fourth-order valence-electron chi connectivity index (χ4n) is 1.48. The standard InChI is InChI=1S/C13H13FN2S/c1-9(15)12-6-3-7-16-13(12)17-11-5-2-4-10(14)8-11/h2-9H,15H2,1H3. The number of halogens is 1. The SMILES string of the molecule is CC(N)c1cccnc1Sc1cccc(F)c1. The van der Waals surface area contributed by atoms with Gasteiger partial charge in [-0.25, -0.2) is 9.37 Å². The van der Waals surface area contributed by atoms with Gasteiger partial charge in [0.05, 0.1) is 0 Å². The Balaban J connectivity index is 2.30. The summed E-state index contributed by atoms with van der Waals surface area (Å²) in [6, 6.07) is 10.2. The molecule has 4 heteroatoms. The second-order valence-electron chi connectivity index (χ2n) is 3.75. The van der Waals surface area contributed by atoms with Crippen LogP contribution in [0, 0.1) is 5.82 Å². The number of hydrogen-bond acceptors (Lipinski definition) is 3. The Hall–Kier alpha value is -1.39. The lowest BCUT2D eigenvalue weighted by Crippen LogP contribution is -2.07. The fourth-order valence-corrected chi connectivity index (χ4v) is 2.50. The van der Waals surface area contributed by atoms with Crippen molar-refractivity contribution in [1.29, 1.82) is 0 Å². The van der Waals surface area contributed by atoms with Gasteiger partial charge in [-0.1, -0.05) is 23.9 Å². The van der Waals surface area contributed by atoms with Gasteiger partial charge in [-0.15, -0.1) is 0 Å². The first kappa shape index (κ1) is 12.1. The number of pyridine rings is 1. The number of hydrogen-bond donors (Lipinski definition) is 1. The van der Waals surface area contributed by atoms with Gasteiger partial charge in [0.2, 0.25) is 0 Å². The van der Waals surface area contributed by atoms with Gasteiger partial charge in [-0.05, 0) is 31.2 Å². The molecule has 1 atom stereocenters. The fraction of sp³-hybridized carbons (Fsp3) is 0.154. The summed E-state index contributed by atoms with van der Waals surface area (Å²) >= 11 is 1.43. The van der Waals surface area contributed by atoms with Crippen molar-refractivity contribution in [2.45, 2.75) is 22.9 Å². The predicted molar refractivity (Wildman–Crippen MR) is 67.4 cm³/mol. The lowest BCUT2D eigenvalue weighted by Gasteiger charge is -2.10. The van der Waals surface area contributed by atoms with Crippen molar-refractivity contribution in [3.05, 3.63) is 54.0 Å². The minimum absolute atomic E-state index is 0.0836. The molecule has 1 unspecified atom stereocenters. The van der Waals surface area contributed by atoms with Crippen LogP contribution in [0.3, 0.4) is 0 Å². The predicted octanol–water partition coefficient (Wildman–Crippen LogP) is 3.39. The molecule has 0 spiro atoms. The minimum atomic E-state index is -0.242. The van der Waals surface area contributed by atoms with Crippen LogP contribution in [0.15, 0.2) is 52.5 Å². The Bertz CT molecular complexity index is 514. The average Bonchev–Trinajstić information content (AvgIpc) is 2.29. The quantitative estimate of drug-likeness (QED) is 0.905. The summed E-state index contributed by atoms with van der Waals surface area (Å²) in [5.41, 5.74) is 6.84. The smallest absolute Gasteiger partial charge is 0.124 e. The van der Waals surface area contributed by atoms with E-state index in [9.17, 15) is 4.39 Å². The van der Waals surface area contributed by atoms with E-state index in [4.69, 9.17) is 5.73 Å². The molecule has 2 nitrogen and oxygen atoms in total. The maximum absolute atomic E-state index is 13.1. The van der Waals surface area contributed by atoms with Crippen LogP contribution in [0.5, 0.6) is 0 Å². The summed E-state index contributed by atoms with van der Waals surface area (Å²) in [6.45, 7) is 1.91. The number of rotatable bonds is 3. The molecule has 0 amide bonds. The van der Waals surface area contributed by atoms with E-state index in [1.54, 1.807) is 12.3 Å². The van der Waals surface area contributed by atoms with E-state index in [0.29, 0.717) is 0 Å². The van der Waals surface area contributed by atoms with Gasteiger partial charge in [0.1, 0.15) is 10.8 Å². The topological polar surface area (TPSA) is 38.9 Å². The monoisotopic (exact) mass is 248 g/mol. The van der Waals surface area contributed by atoms with E-state index in [1.807, 2.05) is 25.1 Å². The van der Waals surface area contributed by atoms with Crippen LogP contribution in [-0.2, 0) is 0 Å². The van der Waals surface area contributed by atoms with E-state index in [-0.39, 0.29) is 11.9 Å². The first-order valence-corrected chi connectivity index (χ1v) is 6.12. The average molecular weight is 248 g/mol. The largest absolute Gasteiger partial charge is 0.324 e. The second-order valence-corrected chi connectivity index (χ2v) is 4.81. The maximum atomic E-state index is 13.1. The van der Waals surface area contributed by atoms with Crippen molar-refractivity contribution in [1.82, 2.24) is 4.98 Å². The van der Waals surface area contributed by atoms with E-state index in [0.717, 1.165) is 15.5 Å². The summed E-state index contributed by atoms with van der Waals surface area (Å²) < 4.78 is 13.1. The number of nitrogens with two attached hydrogens (primary N) is 1. The number of benzene rings is 1. The summed E-state index contributed by atoms with van der Waals surface area (Å²) in [5.74, 6) is -0.242. The Morgan fingerprint density at radius 1 is 1.29 bits per heavy atom. The normalized spacial score (nSPS) is 12.4. The van der Waals surface area contributed by atoms with Gasteiger partial charge in [0.25, 0.3) is 0 Å². The molecule has 0 saturated heterocycles. The van der Waals surface area contributed by atoms with Crippen LogP contribution in [-0.4, -0.2) is 4.98 Å². The van der Waals surface area contributed by atoms with Crippen LogP contribution in [0.1, 0.15) is 18.5 Å². The highest BCUT2D eigenvalue weighted by Gasteiger charge is 2.09. The van der Waals surface area contributed by atoms with Crippen LogP contribution >= 0.6 is 11.8 Å². The van der Waals surface area contributed by atoms with Crippen LogP contribution in [0.4, 0.5) is 4.39 Å². The molecule has 1 heterocycles. The molecule has 1 aromatic heterocycles. The second kappa shape index (κ2) is 5.29. The van der Waals surface area contributed by atoms with E-state index >= 15 is 0 Å². The molecule has 2 N–H and O–H groups in total. The van der Waals surface area contributed by atoms with Gasteiger partial charge < -0.3 is 5.73 Å². The zero-order chi connectivity index (χ0) is 12.3. The third-order valence-corrected chi connectivity index (χ3v) is 3.33. The van der Waals surface area contributed by atoms with E-state index in [1.165, 1.54) is 23.9 Å². The maximum Gasteiger partial charge on any atom is 0.124 e. The molecule has 0 radical (unpaired) electrons. The molecule has 1 aromatic carbocycles. The van der Waals surface area contributed by atoms with Crippen LogP contribution < -0.4 is 5.73 Å². The van der Waals surface area contributed by atoms with Gasteiger partial charge in [0, 0.05) is 22.7 Å². The molecule has 88 valence electrons. The number of nitrogens with zero attached hydrogens (tertiary/aromatic N) is 1. The molecule has 0 saturated carbocycles. The van der Waals surface area contributed by atoms with E-state index < -0.39 is 0 Å². The Kier molecular flexibility index (Phi) is 3.76. The molecule has 0 fully saturated rings. The molecule has 17 heavy (non-hydrogen) atoms. The number of aromatic nitrogens is 1. The van der Waals surface area contributed by atoms with Crippen molar-refractivity contribution >= 4 is 11.8 Å². The molecule has 0 aliphatic rings. The summed E-state index contributed by atoms with van der Waals surface area (Å²) in [6.07, 6.45) is 1.72. The lowest BCUT2D eigenvalue weighted by molar-refractivity contribution is 0.624. The molecule has 0 aliphatic carbocycles. The third kappa shape index (κ3) is 3.05. The minimum Gasteiger partial charge on any atom is -0.324 e. The Morgan fingerprint density at radius 3 is 2.82 bits per heavy atom. The third-order valence-electron chi connectivity index (χ3n) is 2.30. The molecular weight excluding hydrogens is 235 g/mol. The summed E-state index contributed by atoms with van der Waals surface area (Å²) in [5, 5.41) is 0.827. The van der Waals surface area contributed by atoms with Crippen molar-refractivity contribution < 1.29 is 4.39 Å². The van der Waals surface area contributed by atoms with Crippen LogP contribution in [0.25, 0.3) is 0 Å². The van der Waals surface area contributed by atoms with Crippen molar-refractivity contribution in [2.24, 2.45) is 5.73 Å². The Morgan fingerprint density at radius 2 is 2.12 bits per heavy atom. The lowest BCUT2D eigenvalue weighted by atomic mass is 10.2. The van der Waals surface area contributed by atoms with Gasteiger partial charge in [0.15, 0.2) is 0 Å². The van der Waals surface area contributed by atoms with Gasteiger partial charge >= 0.3 is 0 Å². The molecule has 0 bridgehead atoms. The highest BCUT2D eigenvalue weighted by Crippen LogP contribution is 2.30. The molecule has 2 rings (SSSR count). The highest BCUT2D eigenvalue weighted by molar-refractivity contribution is 7.99. The summed E-state index contributed by atoms with van der Waals surface area (Å²) in [4.78, 5) is 5.11. The summed E-state index contributed by atoms with van der Waals surface area (Å²) in [7, 11) is 0. The molecule has 2 aromatic rings. The Labute approximate surface area is 104 Å². The first-order chi connectivity index (χ1) is 8.16. The van der Waals surface area contributed by atoms with Gasteiger partial charge in [-0.3, -0.25) is 0 Å². The molecular formula is C13H13FN2S. The van der Waals surface area contributed by atoms with Gasteiger partial charge in [-0.2, -0.15) is 0 Å². The molecule has 0 aliphatic heterocycles. The highest BCUT2D eigenvalue weighted by atomic mass is 32.2.